The summed E-state index contributed by atoms with van der Waals surface area (Å²) in [5.74, 6) is 0. The molecule has 94 valence electrons. The summed E-state index contributed by atoms with van der Waals surface area (Å²) in [6.45, 7) is 6.50. The fourth-order valence-electron chi connectivity index (χ4n) is 1.67. The van der Waals surface area contributed by atoms with Crippen LogP contribution in [-0.4, -0.2) is 20.7 Å². The molecule has 2 rings (SSSR count). The van der Waals surface area contributed by atoms with E-state index in [1.807, 2.05) is 18.7 Å². The summed E-state index contributed by atoms with van der Waals surface area (Å²) in [7, 11) is 0. The van der Waals surface area contributed by atoms with Gasteiger partial charge in [-0.05, 0) is 13.3 Å². The SMILES string of the molecule is CCC(C)Sc1nc2sccn2c1CC(C)N. The van der Waals surface area contributed by atoms with E-state index in [4.69, 9.17) is 10.7 Å². The molecule has 0 spiro atoms. The smallest absolute Gasteiger partial charge is 0.194 e. The molecule has 2 atom stereocenters. The van der Waals surface area contributed by atoms with E-state index < -0.39 is 0 Å². The highest BCUT2D eigenvalue weighted by Crippen LogP contribution is 2.30. The number of thiazole rings is 1. The van der Waals surface area contributed by atoms with Crippen LogP contribution >= 0.6 is 23.1 Å². The maximum absolute atomic E-state index is 5.93. The Balaban J connectivity index is 2.35. The molecule has 0 fully saturated rings. The van der Waals surface area contributed by atoms with E-state index in [9.17, 15) is 0 Å². The zero-order chi connectivity index (χ0) is 12.4. The predicted molar refractivity (Wildman–Crippen MR) is 76.0 cm³/mol. The second-order valence-electron chi connectivity index (χ2n) is 4.44. The number of hydrogen-bond donors (Lipinski definition) is 1. The summed E-state index contributed by atoms with van der Waals surface area (Å²) in [6.07, 6.45) is 4.13. The highest BCUT2D eigenvalue weighted by atomic mass is 32.2. The normalized spacial score (nSPS) is 15.3. The predicted octanol–water partition coefficient (Wildman–Crippen LogP) is 3.18. The number of aromatic nitrogens is 2. The maximum Gasteiger partial charge on any atom is 0.194 e. The number of rotatable bonds is 5. The molecule has 0 aromatic carbocycles. The third kappa shape index (κ3) is 2.84. The number of hydrogen-bond acceptors (Lipinski definition) is 4. The number of fused-ring (bicyclic) bond motifs is 1. The van der Waals surface area contributed by atoms with Gasteiger partial charge in [-0.3, -0.25) is 4.40 Å². The zero-order valence-corrected chi connectivity index (χ0v) is 12.1. The average molecular weight is 269 g/mol. The van der Waals surface area contributed by atoms with Gasteiger partial charge >= 0.3 is 0 Å². The molecular formula is C12H19N3S2. The molecule has 0 bridgehead atoms. The summed E-state index contributed by atoms with van der Waals surface area (Å²) < 4.78 is 2.18. The lowest BCUT2D eigenvalue weighted by Crippen LogP contribution is -2.19. The first kappa shape index (κ1) is 12.9. The molecule has 5 heteroatoms. The van der Waals surface area contributed by atoms with E-state index in [0.29, 0.717) is 5.25 Å². The third-order valence-corrected chi connectivity index (χ3v) is 4.77. The van der Waals surface area contributed by atoms with Gasteiger partial charge in [0.05, 0.1) is 5.69 Å². The Hall–Kier alpha value is -0.520. The van der Waals surface area contributed by atoms with Crippen LogP contribution in [0.4, 0.5) is 0 Å². The minimum absolute atomic E-state index is 0.172. The third-order valence-electron chi connectivity index (χ3n) is 2.73. The topological polar surface area (TPSA) is 43.3 Å². The van der Waals surface area contributed by atoms with E-state index in [1.54, 1.807) is 11.3 Å². The van der Waals surface area contributed by atoms with Crippen LogP contribution in [0.1, 0.15) is 32.9 Å². The summed E-state index contributed by atoms with van der Waals surface area (Å²) in [4.78, 5) is 5.78. The summed E-state index contributed by atoms with van der Waals surface area (Å²) in [5.41, 5.74) is 7.19. The summed E-state index contributed by atoms with van der Waals surface area (Å²) in [5, 5.41) is 3.83. The first-order valence-electron chi connectivity index (χ1n) is 5.98. The van der Waals surface area contributed by atoms with E-state index in [-0.39, 0.29) is 6.04 Å². The molecule has 2 aromatic heterocycles. The standard InChI is InChI=1S/C12H19N3S2/c1-4-9(3)17-11-10(7-8(2)13)15-5-6-16-12(15)14-11/h5-6,8-9H,4,7,13H2,1-3H3. The van der Waals surface area contributed by atoms with E-state index >= 15 is 0 Å². The number of imidazole rings is 1. The Kier molecular flexibility index (Phi) is 4.12. The highest BCUT2D eigenvalue weighted by Gasteiger charge is 2.16. The molecule has 0 aliphatic rings. The first-order valence-corrected chi connectivity index (χ1v) is 7.74. The van der Waals surface area contributed by atoms with Crippen LogP contribution in [0.3, 0.4) is 0 Å². The van der Waals surface area contributed by atoms with Gasteiger partial charge in [-0.1, -0.05) is 13.8 Å². The van der Waals surface area contributed by atoms with E-state index in [0.717, 1.165) is 22.8 Å². The van der Waals surface area contributed by atoms with Crippen LogP contribution in [-0.2, 0) is 6.42 Å². The molecule has 2 N–H and O–H groups in total. The van der Waals surface area contributed by atoms with Crippen molar-refractivity contribution in [3.05, 3.63) is 17.3 Å². The van der Waals surface area contributed by atoms with Gasteiger partial charge in [0.1, 0.15) is 5.03 Å². The lowest BCUT2D eigenvalue weighted by Gasteiger charge is -2.09. The first-order chi connectivity index (χ1) is 8.11. The fraction of sp³-hybridized carbons (Fsp3) is 0.583. The van der Waals surface area contributed by atoms with Crippen molar-refractivity contribution in [2.45, 2.75) is 49.9 Å². The van der Waals surface area contributed by atoms with Crippen LogP contribution in [0, 0.1) is 0 Å². The second kappa shape index (κ2) is 5.42. The molecule has 0 saturated carbocycles. The summed E-state index contributed by atoms with van der Waals surface area (Å²) >= 11 is 3.54. The molecule has 0 radical (unpaired) electrons. The van der Waals surface area contributed by atoms with Crippen LogP contribution in [0.25, 0.3) is 4.96 Å². The largest absolute Gasteiger partial charge is 0.328 e. The molecular weight excluding hydrogens is 250 g/mol. The van der Waals surface area contributed by atoms with Gasteiger partial charge in [-0.15, -0.1) is 23.1 Å². The van der Waals surface area contributed by atoms with Crippen molar-refractivity contribution in [3.63, 3.8) is 0 Å². The van der Waals surface area contributed by atoms with Gasteiger partial charge in [0.15, 0.2) is 4.96 Å². The second-order valence-corrected chi connectivity index (χ2v) is 6.74. The van der Waals surface area contributed by atoms with Gasteiger partial charge in [-0.2, -0.15) is 0 Å². The lowest BCUT2D eigenvalue weighted by molar-refractivity contribution is 0.705. The Morgan fingerprint density at radius 3 is 2.94 bits per heavy atom. The van der Waals surface area contributed by atoms with Crippen LogP contribution in [0.15, 0.2) is 16.6 Å². The van der Waals surface area contributed by atoms with Gasteiger partial charge in [-0.25, -0.2) is 4.98 Å². The molecule has 3 nitrogen and oxygen atoms in total. The Morgan fingerprint density at radius 2 is 2.29 bits per heavy atom. The number of thioether (sulfide) groups is 1. The van der Waals surface area contributed by atoms with E-state index in [2.05, 4.69) is 29.8 Å². The molecule has 0 aliphatic heterocycles. The molecule has 0 saturated heterocycles. The van der Waals surface area contributed by atoms with Gasteiger partial charge < -0.3 is 5.73 Å². The number of nitrogens with zero attached hydrogens (tertiary/aromatic N) is 2. The van der Waals surface area contributed by atoms with Crippen LogP contribution in [0.5, 0.6) is 0 Å². The van der Waals surface area contributed by atoms with Crippen molar-refractivity contribution in [3.8, 4) is 0 Å². The van der Waals surface area contributed by atoms with Crippen molar-refractivity contribution in [2.75, 3.05) is 0 Å². The molecule has 2 unspecified atom stereocenters. The molecule has 2 aromatic rings. The number of nitrogens with two attached hydrogens (primary N) is 1. The van der Waals surface area contributed by atoms with Crippen LogP contribution < -0.4 is 5.73 Å². The molecule has 0 amide bonds. The molecule has 0 aliphatic carbocycles. The van der Waals surface area contributed by atoms with Gasteiger partial charge in [0.2, 0.25) is 0 Å². The lowest BCUT2D eigenvalue weighted by atomic mass is 10.2. The maximum atomic E-state index is 5.93. The van der Waals surface area contributed by atoms with Crippen molar-refractivity contribution >= 4 is 28.1 Å². The van der Waals surface area contributed by atoms with Crippen molar-refractivity contribution in [1.82, 2.24) is 9.38 Å². The minimum atomic E-state index is 0.172. The van der Waals surface area contributed by atoms with Crippen molar-refractivity contribution in [1.29, 1.82) is 0 Å². The molecule has 17 heavy (non-hydrogen) atoms. The molecule has 2 heterocycles. The monoisotopic (exact) mass is 269 g/mol. The highest BCUT2D eigenvalue weighted by molar-refractivity contribution is 7.99. The Morgan fingerprint density at radius 1 is 1.53 bits per heavy atom. The van der Waals surface area contributed by atoms with E-state index in [1.165, 1.54) is 5.69 Å². The van der Waals surface area contributed by atoms with Crippen molar-refractivity contribution in [2.24, 2.45) is 5.73 Å². The zero-order valence-electron chi connectivity index (χ0n) is 10.5. The Labute approximate surface area is 110 Å². The Bertz CT molecular complexity index is 487. The van der Waals surface area contributed by atoms with Crippen molar-refractivity contribution < 1.29 is 0 Å². The van der Waals surface area contributed by atoms with Crippen LogP contribution in [0.2, 0.25) is 0 Å². The van der Waals surface area contributed by atoms with Gasteiger partial charge in [0, 0.05) is 29.3 Å². The minimum Gasteiger partial charge on any atom is -0.328 e. The fourth-order valence-corrected chi connectivity index (χ4v) is 3.47. The average Bonchev–Trinajstić information content (AvgIpc) is 2.82. The quantitative estimate of drug-likeness (QED) is 0.848. The summed E-state index contributed by atoms with van der Waals surface area (Å²) in [6, 6.07) is 0.172. The van der Waals surface area contributed by atoms with Gasteiger partial charge in [0.25, 0.3) is 0 Å².